The van der Waals surface area contributed by atoms with E-state index in [1.165, 1.54) is 0 Å². The molecule has 2 aromatic carbocycles. The van der Waals surface area contributed by atoms with Gasteiger partial charge in [-0.3, -0.25) is 4.79 Å². The smallest absolute Gasteiger partial charge is 0.262 e. The monoisotopic (exact) mass is 310 g/mol. The zero-order valence-electron chi connectivity index (χ0n) is 10.4. The Morgan fingerprint density at radius 1 is 1.15 bits per heavy atom. The first-order valence-corrected chi connectivity index (χ1v) is 6.53. The molecular weight excluding hydrogens is 299 g/mol. The third kappa shape index (κ3) is 4.05. The average Bonchev–Trinajstić information content (AvgIpc) is 2.41. The predicted molar refractivity (Wildman–Crippen MR) is 81.4 cm³/mol. The molecule has 6 heteroatoms. The number of amides is 1. The average molecular weight is 311 g/mol. The molecule has 0 bridgehead atoms. The van der Waals surface area contributed by atoms with Crippen LogP contribution in [0.25, 0.3) is 0 Å². The molecular formula is C14H12Cl2N2O2. The van der Waals surface area contributed by atoms with E-state index < -0.39 is 0 Å². The van der Waals surface area contributed by atoms with Gasteiger partial charge in [-0.15, -0.1) is 0 Å². The highest BCUT2D eigenvalue weighted by Gasteiger charge is 2.05. The summed E-state index contributed by atoms with van der Waals surface area (Å²) < 4.78 is 5.32. The summed E-state index contributed by atoms with van der Waals surface area (Å²) in [5.41, 5.74) is 6.74. The molecule has 0 radical (unpaired) electrons. The van der Waals surface area contributed by atoms with E-state index in [4.69, 9.17) is 33.7 Å². The maximum absolute atomic E-state index is 11.7. The van der Waals surface area contributed by atoms with E-state index in [1.807, 2.05) is 0 Å². The minimum absolute atomic E-state index is 0.121. The molecule has 0 unspecified atom stereocenters. The lowest BCUT2D eigenvalue weighted by atomic mass is 10.3. The zero-order valence-corrected chi connectivity index (χ0v) is 11.9. The molecule has 0 aliphatic heterocycles. The number of carbonyl (C=O) groups excluding carboxylic acids is 1. The van der Waals surface area contributed by atoms with E-state index in [2.05, 4.69) is 5.32 Å². The SMILES string of the molecule is Nc1cccc(OCC(=O)Nc2ccc(Cl)c(Cl)c2)c1. The number of hydrogen-bond donors (Lipinski definition) is 2. The van der Waals surface area contributed by atoms with Gasteiger partial charge in [-0.25, -0.2) is 0 Å². The lowest BCUT2D eigenvalue weighted by Gasteiger charge is -2.08. The molecule has 0 aliphatic rings. The molecule has 0 aliphatic carbocycles. The van der Waals surface area contributed by atoms with Gasteiger partial charge in [0, 0.05) is 17.4 Å². The summed E-state index contributed by atoms with van der Waals surface area (Å²) in [6.45, 7) is -0.121. The minimum atomic E-state index is -0.300. The summed E-state index contributed by atoms with van der Waals surface area (Å²) >= 11 is 11.7. The highest BCUT2D eigenvalue weighted by molar-refractivity contribution is 6.42. The Kier molecular flexibility index (Phi) is 4.71. The van der Waals surface area contributed by atoms with Gasteiger partial charge in [-0.2, -0.15) is 0 Å². The Balaban J connectivity index is 1.91. The van der Waals surface area contributed by atoms with Crippen LogP contribution in [-0.4, -0.2) is 12.5 Å². The number of anilines is 2. The molecule has 0 spiro atoms. The summed E-state index contributed by atoms with van der Waals surface area (Å²) in [4.78, 5) is 11.7. The van der Waals surface area contributed by atoms with Gasteiger partial charge in [0.2, 0.25) is 0 Å². The lowest BCUT2D eigenvalue weighted by molar-refractivity contribution is -0.118. The fourth-order valence-corrected chi connectivity index (χ4v) is 1.82. The molecule has 0 fully saturated rings. The van der Waals surface area contributed by atoms with Crippen LogP contribution < -0.4 is 15.8 Å². The van der Waals surface area contributed by atoms with Crippen molar-refractivity contribution < 1.29 is 9.53 Å². The highest BCUT2D eigenvalue weighted by Crippen LogP contribution is 2.25. The van der Waals surface area contributed by atoms with Gasteiger partial charge >= 0.3 is 0 Å². The Hall–Kier alpha value is -1.91. The lowest BCUT2D eigenvalue weighted by Crippen LogP contribution is -2.20. The minimum Gasteiger partial charge on any atom is -0.484 e. The fourth-order valence-electron chi connectivity index (χ4n) is 1.52. The van der Waals surface area contributed by atoms with Gasteiger partial charge in [-0.1, -0.05) is 29.3 Å². The number of benzene rings is 2. The molecule has 0 saturated carbocycles. The van der Waals surface area contributed by atoms with Crippen molar-refractivity contribution in [3.8, 4) is 5.75 Å². The fraction of sp³-hybridized carbons (Fsp3) is 0.0714. The number of nitrogen functional groups attached to an aromatic ring is 1. The van der Waals surface area contributed by atoms with Gasteiger partial charge < -0.3 is 15.8 Å². The summed E-state index contributed by atoms with van der Waals surface area (Å²) in [6.07, 6.45) is 0. The van der Waals surface area contributed by atoms with Crippen LogP contribution in [0.15, 0.2) is 42.5 Å². The van der Waals surface area contributed by atoms with Crippen LogP contribution in [0.2, 0.25) is 10.0 Å². The second-order valence-electron chi connectivity index (χ2n) is 4.04. The van der Waals surface area contributed by atoms with Crippen LogP contribution >= 0.6 is 23.2 Å². The number of hydrogen-bond acceptors (Lipinski definition) is 3. The van der Waals surface area contributed by atoms with Crippen LogP contribution in [0.1, 0.15) is 0 Å². The standard InChI is InChI=1S/C14H12Cl2N2O2/c15-12-5-4-10(7-13(12)16)18-14(19)8-20-11-3-1-2-9(17)6-11/h1-7H,8,17H2,(H,18,19). The van der Waals surface area contributed by atoms with Crippen molar-refractivity contribution in [2.75, 3.05) is 17.7 Å². The van der Waals surface area contributed by atoms with Crippen molar-refractivity contribution in [2.45, 2.75) is 0 Å². The van der Waals surface area contributed by atoms with Gasteiger partial charge in [0.05, 0.1) is 10.0 Å². The number of halogens is 2. The topological polar surface area (TPSA) is 64.3 Å². The predicted octanol–water partition coefficient (Wildman–Crippen LogP) is 3.59. The molecule has 0 aromatic heterocycles. The number of ether oxygens (including phenoxy) is 1. The van der Waals surface area contributed by atoms with Crippen molar-refractivity contribution in [1.82, 2.24) is 0 Å². The summed E-state index contributed by atoms with van der Waals surface area (Å²) in [5.74, 6) is 0.236. The maximum Gasteiger partial charge on any atom is 0.262 e. The molecule has 1 amide bonds. The molecule has 4 nitrogen and oxygen atoms in total. The van der Waals surface area contributed by atoms with Crippen molar-refractivity contribution in [3.05, 3.63) is 52.5 Å². The summed E-state index contributed by atoms with van der Waals surface area (Å²) in [7, 11) is 0. The van der Waals surface area contributed by atoms with E-state index in [-0.39, 0.29) is 12.5 Å². The Morgan fingerprint density at radius 2 is 1.95 bits per heavy atom. The number of nitrogens with one attached hydrogen (secondary N) is 1. The molecule has 2 aromatic rings. The second-order valence-corrected chi connectivity index (χ2v) is 4.85. The normalized spacial score (nSPS) is 10.1. The van der Waals surface area contributed by atoms with E-state index in [0.717, 1.165) is 0 Å². The zero-order chi connectivity index (χ0) is 14.5. The molecule has 0 atom stereocenters. The quantitative estimate of drug-likeness (QED) is 0.848. The first-order chi connectivity index (χ1) is 9.54. The van der Waals surface area contributed by atoms with Crippen LogP contribution in [0.4, 0.5) is 11.4 Å². The van der Waals surface area contributed by atoms with Crippen molar-refractivity contribution in [3.63, 3.8) is 0 Å². The van der Waals surface area contributed by atoms with Gasteiger partial charge in [-0.05, 0) is 30.3 Å². The van der Waals surface area contributed by atoms with Gasteiger partial charge in [0.15, 0.2) is 6.61 Å². The summed E-state index contributed by atoms with van der Waals surface area (Å²) in [6, 6.07) is 11.7. The van der Waals surface area contributed by atoms with E-state index in [9.17, 15) is 4.79 Å². The van der Waals surface area contributed by atoms with E-state index in [1.54, 1.807) is 42.5 Å². The molecule has 0 heterocycles. The second kappa shape index (κ2) is 6.50. The molecule has 20 heavy (non-hydrogen) atoms. The van der Waals surface area contributed by atoms with E-state index >= 15 is 0 Å². The third-order valence-corrected chi connectivity index (χ3v) is 3.17. The van der Waals surface area contributed by atoms with Crippen molar-refractivity contribution in [2.24, 2.45) is 0 Å². The molecule has 3 N–H and O–H groups in total. The number of nitrogens with two attached hydrogens (primary N) is 1. The molecule has 104 valence electrons. The van der Waals surface area contributed by atoms with Crippen molar-refractivity contribution >= 4 is 40.5 Å². The van der Waals surface area contributed by atoms with Crippen molar-refractivity contribution in [1.29, 1.82) is 0 Å². The molecule has 0 saturated heterocycles. The Bertz CT molecular complexity index is 632. The van der Waals surface area contributed by atoms with Crippen LogP contribution in [-0.2, 0) is 4.79 Å². The van der Waals surface area contributed by atoms with Gasteiger partial charge in [0.25, 0.3) is 5.91 Å². The third-order valence-electron chi connectivity index (χ3n) is 2.43. The van der Waals surface area contributed by atoms with Crippen LogP contribution in [0.3, 0.4) is 0 Å². The number of rotatable bonds is 4. The Morgan fingerprint density at radius 3 is 2.65 bits per heavy atom. The number of carbonyl (C=O) groups is 1. The largest absolute Gasteiger partial charge is 0.484 e. The highest BCUT2D eigenvalue weighted by atomic mass is 35.5. The maximum atomic E-state index is 11.7. The van der Waals surface area contributed by atoms with Crippen LogP contribution in [0.5, 0.6) is 5.75 Å². The first kappa shape index (κ1) is 14.5. The summed E-state index contributed by atoms with van der Waals surface area (Å²) in [5, 5.41) is 3.46. The van der Waals surface area contributed by atoms with Gasteiger partial charge in [0.1, 0.15) is 5.75 Å². The first-order valence-electron chi connectivity index (χ1n) is 5.78. The molecule has 2 rings (SSSR count). The Labute approximate surface area is 126 Å². The van der Waals surface area contributed by atoms with Crippen LogP contribution in [0, 0.1) is 0 Å². The van der Waals surface area contributed by atoms with E-state index in [0.29, 0.717) is 27.2 Å².